The number of hydrogen-bond donors (Lipinski definition) is 2. The second-order valence-electron chi connectivity index (χ2n) is 5.37. The monoisotopic (exact) mass is 406 g/mol. The van der Waals surface area contributed by atoms with E-state index in [1.54, 1.807) is 31.2 Å². The highest BCUT2D eigenvalue weighted by Crippen LogP contribution is 2.27. The van der Waals surface area contributed by atoms with Crippen LogP contribution in [-0.4, -0.2) is 43.6 Å². The fourth-order valence-corrected chi connectivity index (χ4v) is 2.36. The van der Waals surface area contributed by atoms with Crippen LogP contribution in [0.4, 0.5) is 5.69 Å². The van der Waals surface area contributed by atoms with Crippen molar-refractivity contribution in [3.05, 3.63) is 52.5 Å². The van der Waals surface area contributed by atoms with E-state index >= 15 is 0 Å². The van der Waals surface area contributed by atoms with Gasteiger partial charge in [-0.15, -0.1) is 0 Å². The van der Waals surface area contributed by atoms with Crippen molar-refractivity contribution in [1.29, 1.82) is 0 Å². The molecule has 0 aliphatic heterocycles. The van der Waals surface area contributed by atoms with Crippen molar-refractivity contribution >= 4 is 35.4 Å². The first kappa shape index (κ1) is 21.0. The average Bonchev–Trinajstić information content (AvgIpc) is 2.67. The molecule has 2 rings (SSSR count). The number of halogens is 1. The Morgan fingerprint density at radius 1 is 1.21 bits per heavy atom. The number of esters is 1. The van der Waals surface area contributed by atoms with Gasteiger partial charge in [0, 0.05) is 0 Å². The number of rotatable bonds is 9. The molecule has 0 spiro atoms. The quantitative estimate of drug-likeness (QED) is 0.373. The van der Waals surface area contributed by atoms with E-state index in [1.807, 2.05) is 0 Å². The Labute approximate surface area is 166 Å². The third kappa shape index (κ3) is 5.88. The molecule has 0 saturated carbocycles. The van der Waals surface area contributed by atoms with Crippen LogP contribution < -0.4 is 14.9 Å². The number of anilines is 1. The third-order valence-corrected chi connectivity index (χ3v) is 3.77. The maximum atomic E-state index is 11.5. The van der Waals surface area contributed by atoms with Crippen LogP contribution in [0.5, 0.6) is 11.5 Å². The van der Waals surface area contributed by atoms with Gasteiger partial charge in [0.15, 0.2) is 18.1 Å². The molecule has 0 aliphatic carbocycles. The van der Waals surface area contributed by atoms with Crippen LogP contribution >= 0.6 is 11.6 Å². The highest BCUT2D eigenvalue weighted by atomic mass is 35.5. The van der Waals surface area contributed by atoms with Crippen LogP contribution in [-0.2, 0) is 9.53 Å². The lowest BCUT2D eigenvalue weighted by molar-refractivity contribution is -0.145. The van der Waals surface area contributed by atoms with Crippen LogP contribution in [0.1, 0.15) is 22.8 Å². The van der Waals surface area contributed by atoms with Gasteiger partial charge in [-0.05, 0) is 48.9 Å². The summed E-state index contributed by atoms with van der Waals surface area (Å²) >= 11 is 5.83. The summed E-state index contributed by atoms with van der Waals surface area (Å²) in [6.45, 7) is 1.74. The number of benzene rings is 2. The maximum Gasteiger partial charge on any atom is 0.344 e. The van der Waals surface area contributed by atoms with Gasteiger partial charge in [0.2, 0.25) is 0 Å². The minimum atomic E-state index is -1.13. The molecule has 8 nitrogen and oxygen atoms in total. The minimum absolute atomic E-state index is 0.0269. The largest absolute Gasteiger partial charge is 0.493 e. The van der Waals surface area contributed by atoms with Crippen LogP contribution in [0, 0.1) is 0 Å². The molecule has 0 radical (unpaired) electrons. The van der Waals surface area contributed by atoms with E-state index in [2.05, 4.69) is 10.5 Å². The first-order valence-electron chi connectivity index (χ1n) is 8.23. The van der Waals surface area contributed by atoms with Crippen LogP contribution in [0.2, 0.25) is 5.02 Å². The standard InChI is InChI=1S/C19H19ClN2O6/c1-3-27-18(23)11-28-17-8-12(4-7-16(17)26-2)10-21-22-13-5-6-15(20)14(9-13)19(24)25/h4-10,22H,3,11H2,1-2H3,(H,24,25)/b21-10+. The van der Waals surface area contributed by atoms with Gasteiger partial charge in [-0.2, -0.15) is 5.10 Å². The molecule has 0 heterocycles. The number of carboxylic acid groups (broad SMARTS) is 1. The zero-order chi connectivity index (χ0) is 20.5. The van der Waals surface area contributed by atoms with E-state index in [0.717, 1.165) is 0 Å². The van der Waals surface area contributed by atoms with E-state index in [0.29, 0.717) is 22.7 Å². The summed E-state index contributed by atoms with van der Waals surface area (Å²) in [4.78, 5) is 22.6. The molecule has 0 aliphatic rings. The molecular weight excluding hydrogens is 388 g/mol. The van der Waals surface area contributed by atoms with Crippen molar-refractivity contribution < 1.29 is 28.9 Å². The number of nitrogens with one attached hydrogen (secondary N) is 1. The third-order valence-electron chi connectivity index (χ3n) is 3.44. The van der Waals surface area contributed by atoms with Gasteiger partial charge in [0.1, 0.15) is 0 Å². The van der Waals surface area contributed by atoms with Crippen LogP contribution in [0.25, 0.3) is 0 Å². The molecule has 28 heavy (non-hydrogen) atoms. The lowest BCUT2D eigenvalue weighted by Crippen LogP contribution is -2.15. The molecule has 0 unspecified atom stereocenters. The molecule has 0 bridgehead atoms. The smallest absolute Gasteiger partial charge is 0.344 e. The summed E-state index contributed by atoms with van der Waals surface area (Å²) in [5.74, 6) is -0.796. The summed E-state index contributed by atoms with van der Waals surface area (Å²) in [7, 11) is 1.49. The zero-order valence-corrected chi connectivity index (χ0v) is 16.0. The van der Waals surface area contributed by atoms with Gasteiger partial charge in [-0.3, -0.25) is 5.43 Å². The zero-order valence-electron chi connectivity index (χ0n) is 15.3. The molecule has 2 N–H and O–H groups in total. The van der Waals surface area contributed by atoms with Gasteiger partial charge in [0.05, 0.1) is 36.2 Å². The molecule has 0 amide bonds. The van der Waals surface area contributed by atoms with Crippen molar-refractivity contribution in [1.82, 2.24) is 0 Å². The van der Waals surface area contributed by atoms with Crippen molar-refractivity contribution in [3.8, 4) is 11.5 Å². The number of ether oxygens (including phenoxy) is 3. The highest BCUT2D eigenvalue weighted by molar-refractivity contribution is 6.33. The second kappa shape index (κ2) is 10.2. The normalized spacial score (nSPS) is 10.5. The van der Waals surface area contributed by atoms with Crippen molar-refractivity contribution in [2.45, 2.75) is 6.92 Å². The first-order chi connectivity index (χ1) is 13.4. The molecule has 9 heteroatoms. The van der Waals surface area contributed by atoms with Gasteiger partial charge in [-0.1, -0.05) is 11.6 Å². The van der Waals surface area contributed by atoms with E-state index in [-0.39, 0.29) is 23.8 Å². The lowest BCUT2D eigenvalue weighted by Gasteiger charge is -2.10. The number of methoxy groups -OCH3 is 1. The van der Waals surface area contributed by atoms with E-state index < -0.39 is 11.9 Å². The number of hydrazone groups is 1. The predicted molar refractivity (Wildman–Crippen MR) is 105 cm³/mol. The number of carboxylic acids is 1. The van der Waals surface area contributed by atoms with Gasteiger partial charge in [0.25, 0.3) is 0 Å². The SMILES string of the molecule is CCOC(=O)COc1cc(/C=N/Nc2ccc(Cl)c(C(=O)O)c2)ccc1OC. The Bertz CT molecular complexity index is 885. The van der Waals surface area contributed by atoms with Crippen molar-refractivity contribution in [2.75, 3.05) is 25.7 Å². The summed E-state index contributed by atoms with van der Waals surface area (Å²) in [5.41, 5.74) is 3.83. The Kier molecular flexibility index (Phi) is 7.65. The van der Waals surface area contributed by atoms with Crippen molar-refractivity contribution in [2.24, 2.45) is 5.10 Å². The predicted octanol–water partition coefficient (Wildman–Crippen LogP) is 3.43. The Morgan fingerprint density at radius 3 is 2.68 bits per heavy atom. The number of carbonyl (C=O) groups excluding carboxylic acids is 1. The molecule has 0 saturated heterocycles. The molecule has 2 aromatic rings. The molecule has 0 aromatic heterocycles. The summed E-state index contributed by atoms with van der Waals surface area (Å²) in [6, 6.07) is 9.52. The maximum absolute atomic E-state index is 11.5. The minimum Gasteiger partial charge on any atom is -0.493 e. The van der Waals surface area contributed by atoms with Crippen molar-refractivity contribution in [3.63, 3.8) is 0 Å². The Morgan fingerprint density at radius 2 is 2.00 bits per heavy atom. The molecule has 0 fully saturated rings. The summed E-state index contributed by atoms with van der Waals surface area (Å²) in [6.07, 6.45) is 1.51. The molecule has 2 aromatic carbocycles. The van der Waals surface area contributed by atoms with Crippen LogP contribution in [0.15, 0.2) is 41.5 Å². The van der Waals surface area contributed by atoms with Gasteiger partial charge in [-0.25, -0.2) is 9.59 Å². The first-order valence-corrected chi connectivity index (χ1v) is 8.60. The average molecular weight is 407 g/mol. The number of carbonyl (C=O) groups is 2. The van der Waals surface area contributed by atoms with Crippen LogP contribution in [0.3, 0.4) is 0 Å². The van der Waals surface area contributed by atoms with Gasteiger partial charge >= 0.3 is 11.9 Å². The number of nitrogens with zero attached hydrogens (tertiary/aromatic N) is 1. The Hall–Kier alpha value is -3.26. The van der Waals surface area contributed by atoms with Gasteiger partial charge < -0.3 is 19.3 Å². The molecular formula is C19H19ClN2O6. The lowest BCUT2D eigenvalue weighted by atomic mass is 10.2. The Balaban J connectivity index is 2.09. The highest BCUT2D eigenvalue weighted by Gasteiger charge is 2.10. The van der Waals surface area contributed by atoms with E-state index in [4.69, 9.17) is 30.9 Å². The van der Waals surface area contributed by atoms with E-state index in [1.165, 1.54) is 25.5 Å². The summed E-state index contributed by atoms with van der Waals surface area (Å²) < 4.78 is 15.5. The fourth-order valence-electron chi connectivity index (χ4n) is 2.17. The molecule has 148 valence electrons. The number of hydrogen-bond acceptors (Lipinski definition) is 7. The second-order valence-corrected chi connectivity index (χ2v) is 5.78. The molecule has 0 atom stereocenters. The number of aromatic carboxylic acids is 1. The fraction of sp³-hybridized carbons (Fsp3) is 0.211. The van der Waals surface area contributed by atoms with E-state index in [9.17, 15) is 9.59 Å². The summed E-state index contributed by atoms with van der Waals surface area (Å²) in [5, 5.41) is 13.3. The topological polar surface area (TPSA) is 106 Å².